The number of H-pyrrole nitrogens is 1. The quantitative estimate of drug-likeness (QED) is 0.569. The molecule has 23 heavy (non-hydrogen) atoms. The third kappa shape index (κ3) is 3.84. The lowest BCUT2D eigenvalue weighted by molar-refractivity contribution is 0.0950. The Labute approximate surface area is 138 Å². The number of hydrogen-bond acceptors (Lipinski definition) is 3. The summed E-state index contributed by atoms with van der Waals surface area (Å²) >= 11 is 5.85. The summed E-state index contributed by atoms with van der Waals surface area (Å²) in [5.74, 6) is -0.357. The van der Waals surface area contributed by atoms with Gasteiger partial charge in [0, 0.05) is 10.6 Å². The van der Waals surface area contributed by atoms with Crippen LogP contribution in [0.25, 0.3) is 11.3 Å². The number of carbonyl (C=O) groups is 1. The smallest absolute Gasteiger partial charge is 0.272 e. The summed E-state index contributed by atoms with van der Waals surface area (Å²) in [4.78, 5) is 12.0. The molecule has 2 N–H and O–H groups in total. The van der Waals surface area contributed by atoms with Gasteiger partial charge in [0.05, 0.1) is 11.9 Å². The zero-order valence-corrected chi connectivity index (χ0v) is 12.8. The first-order chi connectivity index (χ1) is 11.2. The van der Waals surface area contributed by atoms with Crippen LogP contribution < -0.4 is 5.43 Å². The predicted octanol–water partition coefficient (Wildman–Crippen LogP) is 3.49. The van der Waals surface area contributed by atoms with Crippen LogP contribution in [-0.2, 0) is 0 Å². The highest BCUT2D eigenvalue weighted by atomic mass is 35.5. The fraction of sp³-hybridized carbons (Fsp3) is 0. The number of aromatic amines is 1. The van der Waals surface area contributed by atoms with E-state index in [1.54, 1.807) is 24.4 Å². The second kappa shape index (κ2) is 6.89. The van der Waals surface area contributed by atoms with Gasteiger partial charge in [-0.3, -0.25) is 9.89 Å². The summed E-state index contributed by atoms with van der Waals surface area (Å²) in [6, 6.07) is 18.4. The molecule has 0 aliphatic heterocycles. The average Bonchev–Trinajstić information content (AvgIpc) is 3.06. The molecule has 0 unspecified atom stereocenters. The van der Waals surface area contributed by atoms with Gasteiger partial charge in [-0.15, -0.1) is 0 Å². The molecular weight excluding hydrogens is 312 g/mol. The molecule has 0 saturated carbocycles. The van der Waals surface area contributed by atoms with Crippen molar-refractivity contribution >= 4 is 23.7 Å². The molecule has 1 aromatic heterocycles. The number of benzene rings is 2. The lowest BCUT2D eigenvalue weighted by Gasteiger charge is -1.96. The summed E-state index contributed by atoms with van der Waals surface area (Å²) in [6.07, 6.45) is 1.58. The Morgan fingerprint density at radius 3 is 2.61 bits per heavy atom. The molecule has 114 valence electrons. The first kappa shape index (κ1) is 15.0. The molecule has 1 heterocycles. The molecule has 3 rings (SSSR count). The van der Waals surface area contributed by atoms with Gasteiger partial charge >= 0.3 is 0 Å². The van der Waals surface area contributed by atoms with Gasteiger partial charge in [-0.25, -0.2) is 5.43 Å². The molecule has 1 amide bonds. The fourth-order valence-corrected chi connectivity index (χ4v) is 2.10. The molecule has 0 saturated heterocycles. The Hall–Kier alpha value is -2.92. The van der Waals surface area contributed by atoms with Crippen molar-refractivity contribution in [2.45, 2.75) is 0 Å². The standard InChI is InChI=1S/C17H13ClN4O/c18-14-8-6-13(7-9-14)15-10-16(21-20-15)17(23)22-19-11-12-4-2-1-3-5-12/h1-11H,(H,20,21)(H,22,23)/b19-11+. The molecule has 0 bridgehead atoms. The Balaban J connectivity index is 1.67. The van der Waals surface area contributed by atoms with Crippen LogP contribution in [0.3, 0.4) is 0 Å². The van der Waals surface area contributed by atoms with E-state index in [0.29, 0.717) is 16.4 Å². The fourth-order valence-electron chi connectivity index (χ4n) is 1.97. The number of hydrazone groups is 1. The van der Waals surface area contributed by atoms with E-state index in [2.05, 4.69) is 20.7 Å². The van der Waals surface area contributed by atoms with Crippen molar-refractivity contribution in [2.24, 2.45) is 5.10 Å². The lowest BCUT2D eigenvalue weighted by atomic mass is 10.1. The Bertz CT molecular complexity index is 825. The zero-order valence-electron chi connectivity index (χ0n) is 12.0. The summed E-state index contributed by atoms with van der Waals surface area (Å²) < 4.78 is 0. The highest BCUT2D eigenvalue weighted by molar-refractivity contribution is 6.30. The number of halogens is 1. The van der Waals surface area contributed by atoms with Crippen LogP contribution in [0.5, 0.6) is 0 Å². The van der Waals surface area contributed by atoms with E-state index < -0.39 is 0 Å². The van der Waals surface area contributed by atoms with Crippen molar-refractivity contribution in [3.05, 3.63) is 76.9 Å². The molecule has 0 atom stereocenters. The van der Waals surface area contributed by atoms with Gasteiger partial charge < -0.3 is 0 Å². The molecule has 3 aromatic rings. The normalized spacial score (nSPS) is 10.8. The second-order valence-electron chi connectivity index (χ2n) is 4.78. The number of hydrogen-bond donors (Lipinski definition) is 2. The molecule has 0 fully saturated rings. The minimum absolute atomic E-state index is 0.333. The monoisotopic (exact) mass is 324 g/mol. The van der Waals surface area contributed by atoms with E-state index in [1.165, 1.54) is 0 Å². The summed E-state index contributed by atoms with van der Waals surface area (Å²) in [6.45, 7) is 0. The van der Waals surface area contributed by atoms with E-state index in [9.17, 15) is 4.79 Å². The average molecular weight is 325 g/mol. The van der Waals surface area contributed by atoms with Crippen LogP contribution >= 0.6 is 11.6 Å². The Morgan fingerprint density at radius 1 is 1.13 bits per heavy atom. The van der Waals surface area contributed by atoms with Gasteiger partial charge in [-0.05, 0) is 23.8 Å². The lowest BCUT2D eigenvalue weighted by Crippen LogP contribution is -2.17. The van der Waals surface area contributed by atoms with Crippen LogP contribution in [0.15, 0.2) is 65.8 Å². The van der Waals surface area contributed by atoms with Crippen molar-refractivity contribution in [3.8, 4) is 11.3 Å². The Kier molecular flexibility index (Phi) is 4.49. The first-order valence-electron chi connectivity index (χ1n) is 6.92. The summed E-state index contributed by atoms with van der Waals surface area (Å²) in [5, 5.41) is 11.4. The number of aromatic nitrogens is 2. The van der Waals surface area contributed by atoms with Crippen LogP contribution in [0.1, 0.15) is 16.1 Å². The van der Waals surface area contributed by atoms with E-state index in [1.807, 2.05) is 42.5 Å². The van der Waals surface area contributed by atoms with Gasteiger partial charge in [-0.1, -0.05) is 54.1 Å². The van der Waals surface area contributed by atoms with E-state index >= 15 is 0 Å². The maximum atomic E-state index is 12.0. The number of nitrogens with zero attached hydrogens (tertiary/aromatic N) is 2. The number of rotatable bonds is 4. The molecule has 0 spiro atoms. The third-order valence-electron chi connectivity index (χ3n) is 3.14. The molecule has 6 heteroatoms. The molecule has 2 aromatic carbocycles. The highest BCUT2D eigenvalue weighted by Gasteiger charge is 2.10. The molecule has 5 nitrogen and oxygen atoms in total. The van der Waals surface area contributed by atoms with Crippen molar-refractivity contribution < 1.29 is 4.79 Å². The SMILES string of the molecule is O=C(N/N=C/c1ccccc1)c1cc(-c2ccc(Cl)cc2)n[nH]1. The van der Waals surface area contributed by atoms with Gasteiger partial charge in [0.25, 0.3) is 5.91 Å². The van der Waals surface area contributed by atoms with Crippen molar-refractivity contribution in [3.63, 3.8) is 0 Å². The van der Waals surface area contributed by atoms with Crippen molar-refractivity contribution in [1.82, 2.24) is 15.6 Å². The maximum absolute atomic E-state index is 12.0. The maximum Gasteiger partial charge on any atom is 0.289 e. The molecule has 0 radical (unpaired) electrons. The summed E-state index contributed by atoms with van der Waals surface area (Å²) in [7, 11) is 0. The minimum Gasteiger partial charge on any atom is -0.272 e. The minimum atomic E-state index is -0.357. The number of nitrogens with one attached hydrogen (secondary N) is 2. The second-order valence-corrected chi connectivity index (χ2v) is 5.22. The highest BCUT2D eigenvalue weighted by Crippen LogP contribution is 2.20. The molecule has 0 aliphatic carbocycles. The van der Waals surface area contributed by atoms with Crippen molar-refractivity contribution in [1.29, 1.82) is 0 Å². The van der Waals surface area contributed by atoms with Gasteiger partial charge in [-0.2, -0.15) is 10.2 Å². The predicted molar refractivity (Wildman–Crippen MR) is 90.5 cm³/mol. The van der Waals surface area contributed by atoms with Crippen LogP contribution in [0, 0.1) is 0 Å². The number of amides is 1. The van der Waals surface area contributed by atoms with Gasteiger partial charge in [0.2, 0.25) is 0 Å². The molecular formula is C17H13ClN4O. The van der Waals surface area contributed by atoms with Crippen LogP contribution in [0.4, 0.5) is 0 Å². The van der Waals surface area contributed by atoms with Gasteiger partial charge in [0.1, 0.15) is 5.69 Å². The topological polar surface area (TPSA) is 70.1 Å². The number of carbonyl (C=O) groups excluding carboxylic acids is 1. The first-order valence-corrected chi connectivity index (χ1v) is 7.30. The van der Waals surface area contributed by atoms with E-state index in [0.717, 1.165) is 11.1 Å². The third-order valence-corrected chi connectivity index (χ3v) is 3.39. The van der Waals surface area contributed by atoms with Crippen LogP contribution in [-0.4, -0.2) is 22.3 Å². The van der Waals surface area contributed by atoms with E-state index in [-0.39, 0.29) is 5.91 Å². The summed E-state index contributed by atoms with van der Waals surface area (Å²) in [5.41, 5.74) is 5.23. The largest absolute Gasteiger partial charge is 0.289 e. The zero-order chi connectivity index (χ0) is 16.1. The van der Waals surface area contributed by atoms with Gasteiger partial charge in [0.15, 0.2) is 0 Å². The van der Waals surface area contributed by atoms with Crippen molar-refractivity contribution in [2.75, 3.05) is 0 Å². The van der Waals surface area contributed by atoms with E-state index in [4.69, 9.17) is 11.6 Å². The molecule has 0 aliphatic rings. The van der Waals surface area contributed by atoms with Crippen LogP contribution in [0.2, 0.25) is 5.02 Å². The Morgan fingerprint density at radius 2 is 1.87 bits per heavy atom.